The first-order valence-corrected chi connectivity index (χ1v) is 6.09. The van der Waals surface area contributed by atoms with Gasteiger partial charge in [-0.25, -0.2) is 4.39 Å². The van der Waals surface area contributed by atoms with E-state index in [2.05, 4.69) is 10.3 Å². The molecule has 2 aromatic rings. The third kappa shape index (κ3) is 3.06. The molecular formula is C14H14ClFN2. The molecule has 2 rings (SSSR count). The van der Waals surface area contributed by atoms with Crippen molar-refractivity contribution < 1.29 is 4.39 Å². The summed E-state index contributed by atoms with van der Waals surface area (Å²) in [5.74, 6) is -0.219. The van der Waals surface area contributed by atoms with Gasteiger partial charge < -0.3 is 5.32 Å². The lowest BCUT2D eigenvalue weighted by Gasteiger charge is -2.17. The Balaban J connectivity index is 2.23. The van der Waals surface area contributed by atoms with Crippen molar-refractivity contribution in [3.05, 3.63) is 64.7 Å². The lowest BCUT2D eigenvalue weighted by Crippen LogP contribution is -2.19. The summed E-state index contributed by atoms with van der Waals surface area (Å²) in [6.07, 6.45) is 4.00. The SMILES string of the molecule is CNC(Cc1cccc(F)c1)c1ccncc1Cl. The molecular weight excluding hydrogens is 251 g/mol. The summed E-state index contributed by atoms with van der Waals surface area (Å²) < 4.78 is 13.1. The van der Waals surface area contributed by atoms with Gasteiger partial charge in [0.25, 0.3) is 0 Å². The van der Waals surface area contributed by atoms with Gasteiger partial charge in [0.15, 0.2) is 0 Å². The predicted molar refractivity (Wildman–Crippen MR) is 71.2 cm³/mol. The molecule has 0 radical (unpaired) electrons. The average molecular weight is 265 g/mol. The Morgan fingerprint density at radius 2 is 2.22 bits per heavy atom. The van der Waals surface area contributed by atoms with Gasteiger partial charge >= 0.3 is 0 Å². The molecule has 0 bridgehead atoms. The van der Waals surface area contributed by atoms with Crippen LogP contribution < -0.4 is 5.32 Å². The van der Waals surface area contributed by atoms with Crippen molar-refractivity contribution in [1.82, 2.24) is 10.3 Å². The van der Waals surface area contributed by atoms with Crippen molar-refractivity contribution >= 4 is 11.6 Å². The monoisotopic (exact) mass is 264 g/mol. The minimum Gasteiger partial charge on any atom is -0.313 e. The molecule has 1 heterocycles. The molecule has 94 valence electrons. The molecule has 1 aromatic carbocycles. The minimum atomic E-state index is -0.219. The highest BCUT2D eigenvalue weighted by Gasteiger charge is 2.13. The van der Waals surface area contributed by atoms with Crippen LogP contribution in [-0.2, 0) is 6.42 Å². The Bertz CT molecular complexity index is 531. The molecule has 0 fully saturated rings. The zero-order valence-corrected chi connectivity index (χ0v) is 10.8. The second-order valence-electron chi connectivity index (χ2n) is 4.07. The first-order chi connectivity index (χ1) is 8.70. The Morgan fingerprint density at radius 3 is 2.89 bits per heavy atom. The van der Waals surface area contributed by atoms with Gasteiger partial charge in [-0.2, -0.15) is 0 Å². The molecule has 18 heavy (non-hydrogen) atoms. The van der Waals surface area contributed by atoms with E-state index >= 15 is 0 Å². The zero-order chi connectivity index (χ0) is 13.0. The molecule has 0 aliphatic carbocycles. The van der Waals surface area contributed by atoms with Crippen molar-refractivity contribution in [2.45, 2.75) is 12.5 Å². The van der Waals surface area contributed by atoms with Crippen molar-refractivity contribution in [2.75, 3.05) is 7.05 Å². The number of aromatic nitrogens is 1. The van der Waals surface area contributed by atoms with Crippen LogP contribution in [0.5, 0.6) is 0 Å². The Hall–Kier alpha value is -1.45. The molecule has 1 aromatic heterocycles. The molecule has 1 N–H and O–H groups in total. The fraction of sp³-hybridized carbons (Fsp3) is 0.214. The van der Waals surface area contributed by atoms with Crippen molar-refractivity contribution in [3.63, 3.8) is 0 Å². The standard InChI is InChI=1S/C14H14ClFN2/c1-17-14(12-5-6-18-9-13(12)15)8-10-3-2-4-11(16)7-10/h2-7,9,14,17H,8H2,1H3. The van der Waals surface area contributed by atoms with E-state index < -0.39 is 0 Å². The smallest absolute Gasteiger partial charge is 0.123 e. The summed E-state index contributed by atoms with van der Waals surface area (Å²) in [5, 5.41) is 3.81. The van der Waals surface area contributed by atoms with E-state index in [4.69, 9.17) is 11.6 Å². The number of benzene rings is 1. The molecule has 0 spiro atoms. The summed E-state index contributed by atoms with van der Waals surface area (Å²) in [7, 11) is 1.86. The highest BCUT2D eigenvalue weighted by Crippen LogP contribution is 2.24. The largest absolute Gasteiger partial charge is 0.313 e. The van der Waals surface area contributed by atoms with Crippen LogP contribution in [0.3, 0.4) is 0 Å². The second-order valence-corrected chi connectivity index (χ2v) is 4.48. The molecule has 0 aliphatic heterocycles. The van der Waals surface area contributed by atoms with Gasteiger partial charge in [0.2, 0.25) is 0 Å². The van der Waals surface area contributed by atoms with E-state index in [-0.39, 0.29) is 11.9 Å². The fourth-order valence-corrected chi connectivity index (χ4v) is 2.19. The maximum absolute atomic E-state index is 13.1. The van der Waals surface area contributed by atoms with E-state index in [1.165, 1.54) is 6.07 Å². The van der Waals surface area contributed by atoms with E-state index in [1.807, 2.05) is 19.2 Å². The fourth-order valence-electron chi connectivity index (χ4n) is 1.94. The number of pyridine rings is 1. The maximum atomic E-state index is 13.1. The van der Waals surface area contributed by atoms with Crippen molar-refractivity contribution in [3.8, 4) is 0 Å². The number of nitrogens with zero attached hydrogens (tertiary/aromatic N) is 1. The number of hydrogen-bond donors (Lipinski definition) is 1. The van der Waals surface area contributed by atoms with E-state index in [0.29, 0.717) is 11.4 Å². The first kappa shape index (κ1) is 13.0. The van der Waals surface area contributed by atoms with E-state index in [9.17, 15) is 4.39 Å². The molecule has 1 atom stereocenters. The topological polar surface area (TPSA) is 24.9 Å². The van der Waals surface area contributed by atoms with Gasteiger partial charge in [-0.1, -0.05) is 23.7 Å². The second kappa shape index (κ2) is 5.94. The average Bonchev–Trinajstić information content (AvgIpc) is 2.37. The molecule has 2 nitrogen and oxygen atoms in total. The Kier molecular flexibility index (Phi) is 4.28. The molecule has 0 saturated heterocycles. The van der Waals surface area contributed by atoms with Crippen LogP contribution in [-0.4, -0.2) is 12.0 Å². The quantitative estimate of drug-likeness (QED) is 0.916. The van der Waals surface area contributed by atoms with Crippen LogP contribution in [0.25, 0.3) is 0 Å². The summed E-state index contributed by atoms with van der Waals surface area (Å²) in [4.78, 5) is 3.96. The molecule has 0 amide bonds. The molecule has 4 heteroatoms. The van der Waals surface area contributed by atoms with Crippen LogP contribution in [0.4, 0.5) is 4.39 Å². The van der Waals surface area contributed by atoms with Crippen LogP contribution in [0, 0.1) is 5.82 Å². The summed E-state index contributed by atoms with van der Waals surface area (Å²) in [6, 6.07) is 8.52. The maximum Gasteiger partial charge on any atom is 0.123 e. The van der Waals surface area contributed by atoms with Gasteiger partial charge in [0.1, 0.15) is 5.82 Å². The van der Waals surface area contributed by atoms with Crippen LogP contribution in [0.2, 0.25) is 5.02 Å². The van der Waals surface area contributed by atoms with E-state index in [1.54, 1.807) is 24.5 Å². The number of nitrogens with one attached hydrogen (secondary N) is 1. The van der Waals surface area contributed by atoms with Gasteiger partial charge in [0.05, 0.1) is 5.02 Å². The third-order valence-corrected chi connectivity index (χ3v) is 3.17. The summed E-state index contributed by atoms with van der Waals surface area (Å²) >= 11 is 6.12. The van der Waals surface area contributed by atoms with Crippen molar-refractivity contribution in [1.29, 1.82) is 0 Å². The lowest BCUT2D eigenvalue weighted by atomic mass is 10.00. The molecule has 0 saturated carbocycles. The molecule has 1 unspecified atom stereocenters. The minimum absolute atomic E-state index is 0.0438. The number of hydrogen-bond acceptors (Lipinski definition) is 2. The van der Waals surface area contributed by atoms with Gasteiger partial charge in [-0.15, -0.1) is 0 Å². The highest BCUT2D eigenvalue weighted by atomic mass is 35.5. The number of likely N-dealkylation sites (N-methyl/N-ethyl adjacent to an activating group) is 1. The Labute approximate surface area is 111 Å². The number of halogens is 2. The summed E-state index contributed by atoms with van der Waals surface area (Å²) in [6.45, 7) is 0. The lowest BCUT2D eigenvalue weighted by molar-refractivity contribution is 0.584. The first-order valence-electron chi connectivity index (χ1n) is 5.72. The van der Waals surface area contributed by atoms with Gasteiger partial charge in [0, 0.05) is 18.4 Å². The van der Waals surface area contributed by atoms with Crippen molar-refractivity contribution in [2.24, 2.45) is 0 Å². The predicted octanol–water partition coefficient (Wildman–Crippen LogP) is 3.38. The Morgan fingerprint density at radius 1 is 1.39 bits per heavy atom. The van der Waals surface area contributed by atoms with Crippen LogP contribution in [0.1, 0.15) is 17.2 Å². The van der Waals surface area contributed by atoms with Crippen LogP contribution in [0.15, 0.2) is 42.7 Å². The normalized spacial score (nSPS) is 12.4. The van der Waals surface area contributed by atoms with Gasteiger partial charge in [-0.3, -0.25) is 4.98 Å². The third-order valence-electron chi connectivity index (χ3n) is 2.86. The highest BCUT2D eigenvalue weighted by molar-refractivity contribution is 6.31. The van der Waals surface area contributed by atoms with Gasteiger partial charge in [-0.05, 0) is 42.8 Å². The van der Waals surface area contributed by atoms with E-state index in [0.717, 1.165) is 11.1 Å². The number of rotatable bonds is 4. The molecule has 0 aliphatic rings. The summed E-state index contributed by atoms with van der Waals surface area (Å²) in [5.41, 5.74) is 1.90. The zero-order valence-electron chi connectivity index (χ0n) is 10.0. The van der Waals surface area contributed by atoms with Crippen LogP contribution >= 0.6 is 11.6 Å².